The van der Waals surface area contributed by atoms with Gasteiger partial charge in [-0.3, -0.25) is 0 Å². The summed E-state index contributed by atoms with van der Waals surface area (Å²) in [5.74, 6) is -0.640. The summed E-state index contributed by atoms with van der Waals surface area (Å²) in [5, 5.41) is 0. The molecular weight excluding hydrogens is 311 g/mol. The number of carbonyl (C=O) groups is 1. The lowest BCUT2D eigenvalue weighted by molar-refractivity contribution is -0.207. The van der Waals surface area contributed by atoms with Gasteiger partial charge >= 0.3 is 5.97 Å². The van der Waals surface area contributed by atoms with Crippen LogP contribution in [0.15, 0.2) is 18.2 Å². The van der Waals surface area contributed by atoms with Crippen molar-refractivity contribution >= 4 is 5.97 Å². The van der Waals surface area contributed by atoms with Crippen molar-refractivity contribution in [3.8, 4) is 0 Å². The fourth-order valence-electron chi connectivity index (χ4n) is 2.70. The first-order valence-electron chi connectivity index (χ1n) is 8.85. The van der Waals surface area contributed by atoms with Crippen molar-refractivity contribution in [2.45, 2.75) is 52.2 Å². The van der Waals surface area contributed by atoms with Gasteiger partial charge in [-0.15, -0.1) is 0 Å². The Labute approximate surface area is 143 Å². The molecule has 4 nitrogen and oxygen atoms in total. The second-order valence-electron chi connectivity index (χ2n) is 6.23. The van der Waals surface area contributed by atoms with E-state index in [-0.39, 0.29) is 5.56 Å². The van der Waals surface area contributed by atoms with E-state index in [1.807, 2.05) is 6.92 Å². The molecule has 0 bridgehead atoms. The maximum atomic E-state index is 14.3. The topological polar surface area (TPSA) is 44.8 Å². The van der Waals surface area contributed by atoms with Gasteiger partial charge in [-0.05, 0) is 25.0 Å². The van der Waals surface area contributed by atoms with E-state index < -0.39 is 18.1 Å². The second kappa shape index (κ2) is 9.74. The summed E-state index contributed by atoms with van der Waals surface area (Å²) < 4.78 is 30.7. The number of ether oxygens (including phenoxy) is 3. The van der Waals surface area contributed by atoms with Crippen molar-refractivity contribution in [2.75, 3.05) is 19.8 Å². The molecule has 134 valence electrons. The highest BCUT2D eigenvalue weighted by molar-refractivity contribution is 5.89. The SMILES string of the molecule is CCCCCC1COC(c2ccc(C(=O)OCCC)cc2F)OC1. The largest absolute Gasteiger partial charge is 0.462 e. The van der Waals surface area contributed by atoms with Gasteiger partial charge in [-0.25, -0.2) is 9.18 Å². The fourth-order valence-corrected chi connectivity index (χ4v) is 2.70. The van der Waals surface area contributed by atoms with E-state index in [9.17, 15) is 9.18 Å². The zero-order chi connectivity index (χ0) is 17.4. The lowest BCUT2D eigenvalue weighted by Gasteiger charge is -2.29. The summed E-state index contributed by atoms with van der Waals surface area (Å²) in [5.41, 5.74) is 0.534. The molecule has 0 unspecified atom stereocenters. The van der Waals surface area contributed by atoms with Crippen LogP contribution in [-0.4, -0.2) is 25.8 Å². The number of benzene rings is 1. The summed E-state index contributed by atoms with van der Waals surface area (Å²) >= 11 is 0. The molecule has 0 radical (unpaired) electrons. The van der Waals surface area contributed by atoms with Crippen LogP contribution < -0.4 is 0 Å². The summed E-state index contributed by atoms with van der Waals surface area (Å²) in [6.07, 6.45) is 4.68. The molecule has 1 heterocycles. The molecule has 1 aliphatic heterocycles. The number of halogens is 1. The van der Waals surface area contributed by atoms with Crippen molar-refractivity contribution < 1.29 is 23.4 Å². The monoisotopic (exact) mass is 338 g/mol. The second-order valence-corrected chi connectivity index (χ2v) is 6.23. The van der Waals surface area contributed by atoms with Gasteiger partial charge in [-0.1, -0.05) is 39.2 Å². The van der Waals surface area contributed by atoms with Crippen LogP contribution in [0.25, 0.3) is 0 Å². The van der Waals surface area contributed by atoms with Gasteiger partial charge in [0.15, 0.2) is 6.29 Å². The number of hydrogen-bond donors (Lipinski definition) is 0. The molecule has 1 aromatic carbocycles. The minimum atomic E-state index is -0.701. The lowest BCUT2D eigenvalue weighted by atomic mass is 10.0. The average molecular weight is 338 g/mol. The summed E-state index contributed by atoms with van der Waals surface area (Å²) in [6.45, 7) is 5.57. The lowest BCUT2D eigenvalue weighted by Crippen LogP contribution is -2.27. The van der Waals surface area contributed by atoms with Gasteiger partial charge in [0.2, 0.25) is 0 Å². The molecule has 1 aliphatic rings. The van der Waals surface area contributed by atoms with Crippen molar-refractivity contribution in [3.05, 3.63) is 35.1 Å². The third-order valence-corrected chi connectivity index (χ3v) is 4.11. The van der Waals surface area contributed by atoms with Crippen LogP contribution in [0, 0.1) is 11.7 Å². The molecule has 1 aromatic rings. The maximum Gasteiger partial charge on any atom is 0.338 e. The molecule has 24 heavy (non-hydrogen) atoms. The highest BCUT2D eigenvalue weighted by Gasteiger charge is 2.26. The number of carbonyl (C=O) groups excluding carboxylic acids is 1. The van der Waals surface area contributed by atoms with Crippen molar-refractivity contribution in [2.24, 2.45) is 5.92 Å². The van der Waals surface area contributed by atoms with E-state index in [4.69, 9.17) is 14.2 Å². The van der Waals surface area contributed by atoms with Crippen molar-refractivity contribution in [1.82, 2.24) is 0 Å². The highest BCUT2D eigenvalue weighted by atomic mass is 19.1. The standard InChI is InChI=1S/C19H27FO4/c1-3-5-6-7-14-12-23-19(24-13-14)16-9-8-15(11-17(16)20)18(21)22-10-4-2/h8-9,11,14,19H,3-7,10,12-13H2,1-2H3. The smallest absolute Gasteiger partial charge is 0.338 e. The van der Waals surface area contributed by atoms with Crippen molar-refractivity contribution in [3.63, 3.8) is 0 Å². The minimum Gasteiger partial charge on any atom is -0.462 e. The van der Waals surface area contributed by atoms with E-state index in [1.54, 1.807) is 12.1 Å². The maximum absolute atomic E-state index is 14.3. The normalized spacial score (nSPS) is 20.8. The first kappa shape index (κ1) is 18.9. The molecule has 2 rings (SSSR count). The number of esters is 1. The van der Waals surface area contributed by atoms with E-state index >= 15 is 0 Å². The Morgan fingerprint density at radius 2 is 1.96 bits per heavy atom. The number of rotatable bonds is 8. The molecule has 0 N–H and O–H groups in total. The molecule has 0 saturated carbocycles. The van der Waals surface area contributed by atoms with Crippen LogP contribution in [0.2, 0.25) is 0 Å². The van der Waals surface area contributed by atoms with Crippen LogP contribution in [0.5, 0.6) is 0 Å². The molecule has 0 aliphatic carbocycles. The first-order valence-corrected chi connectivity index (χ1v) is 8.85. The molecule has 0 amide bonds. The third kappa shape index (κ3) is 5.28. The van der Waals surface area contributed by atoms with Crippen molar-refractivity contribution in [1.29, 1.82) is 0 Å². The quantitative estimate of drug-likeness (QED) is 0.512. The molecular formula is C19H27FO4. The Bertz CT molecular complexity index is 524. The Morgan fingerprint density at radius 3 is 2.58 bits per heavy atom. The van der Waals surface area contributed by atoms with Crippen LogP contribution in [0.4, 0.5) is 4.39 Å². The van der Waals surface area contributed by atoms with Gasteiger partial charge in [0, 0.05) is 11.5 Å². The van der Waals surface area contributed by atoms with Gasteiger partial charge in [0.25, 0.3) is 0 Å². The minimum absolute atomic E-state index is 0.206. The molecule has 0 atom stereocenters. The van der Waals surface area contributed by atoms with E-state index in [1.165, 1.54) is 25.3 Å². The summed E-state index contributed by atoms with van der Waals surface area (Å²) in [6, 6.07) is 4.28. The molecule has 1 fully saturated rings. The molecule has 1 saturated heterocycles. The number of hydrogen-bond acceptors (Lipinski definition) is 4. The zero-order valence-electron chi connectivity index (χ0n) is 14.6. The third-order valence-electron chi connectivity index (χ3n) is 4.11. The Balaban J connectivity index is 1.90. The Hall–Kier alpha value is -1.46. The average Bonchev–Trinajstić information content (AvgIpc) is 2.60. The predicted octanol–water partition coefficient (Wildman–Crippen LogP) is 4.63. The van der Waals surface area contributed by atoms with Gasteiger partial charge in [-0.2, -0.15) is 0 Å². The predicted molar refractivity (Wildman–Crippen MR) is 89.3 cm³/mol. The van der Waals surface area contributed by atoms with Crippen LogP contribution in [-0.2, 0) is 14.2 Å². The van der Waals surface area contributed by atoms with E-state index in [2.05, 4.69) is 6.92 Å². The molecule has 5 heteroatoms. The number of unbranched alkanes of at least 4 members (excludes halogenated alkanes) is 2. The summed E-state index contributed by atoms with van der Waals surface area (Å²) in [7, 11) is 0. The highest BCUT2D eigenvalue weighted by Crippen LogP contribution is 2.29. The Morgan fingerprint density at radius 1 is 1.21 bits per heavy atom. The summed E-state index contributed by atoms with van der Waals surface area (Å²) in [4.78, 5) is 11.8. The first-order chi connectivity index (χ1) is 11.7. The molecule has 0 spiro atoms. The zero-order valence-corrected chi connectivity index (χ0v) is 14.6. The van der Waals surface area contributed by atoms with E-state index in [0.717, 1.165) is 12.8 Å². The Kier molecular flexibility index (Phi) is 7.66. The van der Waals surface area contributed by atoms with Crippen LogP contribution >= 0.6 is 0 Å². The van der Waals surface area contributed by atoms with Gasteiger partial charge < -0.3 is 14.2 Å². The fraction of sp³-hybridized carbons (Fsp3) is 0.632. The van der Waals surface area contributed by atoms with Crippen LogP contribution in [0.3, 0.4) is 0 Å². The molecule has 0 aromatic heterocycles. The van der Waals surface area contributed by atoms with Gasteiger partial charge in [0.05, 0.1) is 25.4 Å². The van der Waals surface area contributed by atoms with Crippen LogP contribution in [0.1, 0.15) is 68.2 Å². The van der Waals surface area contributed by atoms with E-state index in [0.29, 0.717) is 31.3 Å². The van der Waals surface area contributed by atoms with Gasteiger partial charge in [0.1, 0.15) is 5.82 Å².